The molecule has 0 spiro atoms. The normalized spacial score (nSPS) is 10.4. The molecule has 0 unspecified atom stereocenters. The first kappa shape index (κ1) is 5.55. The fraction of sp³-hybridized carbons (Fsp3) is 0. The summed E-state index contributed by atoms with van der Waals surface area (Å²) in [5.74, 6) is 0. The number of nitrogens with zero attached hydrogens (tertiary/aromatic N) is 2. The minimum absolute atomic E-state index is 0.0243. The molecular formula is C5H3N3OS. The highest BCUT2D eigenvalue weighted by molar-refractivity contribution is 7.12. The quantitative estimate of drug-likeness (QED) is 0.595. The van der Waals surface area contributed by atoms with Crippen LogP contribution in [0.3, 0.4) is 0 Å². The summed E-state index contributed by atoms with van der Waals surface area (Å²) in [4.78, 5) is 13.8. The third-order valence-electron chi connectivity index (χ3n) is 1.17. The van der Waals surface area contributed by atoms with Gasteiger partial charge in [-0.05, 0) is 11.5 Å². The number of H-pyrrole nitrogens is 1. The van der Waals surface area contributed by atoms with E-state index < -0.39 is 0 Å². The van der Waals surface area contributed by atoms with Crippen LogP contribution in [0.5, 0.6) is 0 Å². The number of hydrogen-bond donors (Lipinski definition) is 1. The molecule has 10 heavy (non-hydrogen) atoms. The van der Waals surface area contributed by atoms with Crippen LogP contribution in [0.4, 0.5) is 0 Å². The van der Waals surface area contributed by atoms with E-state index in [-0.39, 0.29) is 5.43 Å². The fourth-order valence-electron chi connectivity index (χ4n) is 0.719. The molecule has 2 aromatic rings. The molecule has 0 aromatic carbocycles. The Labute approximate surface area is 59.7 Å². The van der Waals surface area contributed by atoms with Crippen molar-refractivity contribution in [1.29, 1.82) is 0 Å². The van der Waals surface area contributed by atoms with Crippen LogP contribution < -0.4 is 5.43 Å². The number of rotatable bonds is 0. The van der Waals surface area contributed by atoms with Gasteiger partial charge in [-0.15, -0.1) is 5.10 Å². The van der Waals surface area contributed by atoms with Crippen molar-refractivity contribution in [2.45, 2.75) is 0 Å². The van der Waals surface area contributed by atoms with Gasteiger partial charge in [0, 0.05) is 12.3 Å². The summed E-state index contributed by atoms with van der Waals surface area (Å²) in [5, 5.41) is 3.69. The fourth-order valence-corrected chi connectivity index (χ4v) is 1.27. The highest BCUT2D eigenvalue weighted by atomic mass is 32.1. The average Bonchev–Trinajstić information content (AvgIpc) is 2.36. The molecule has 0 aliphatic rings. The highest BCUT2D eigenvalue weighted by Crippen LogP contribution is 2.04. The Balaban J connectivity index is 3.09. The average molecular weight is 153 g/mol. The monoisotopic (exact) mass is 153 g/mol. The molecule has 5 heteroatoms. The molecule has 2 heterocycles. The molecule has 2 rings (SSSR count). The van der Waals surface area contributed by atoms with Crippen molar-refractivity contribution in [1.82, 2.24) is 14.6 Å². The van der Waals surface area contributed by atoms with E-state index in [0.717, 1.165) is 11.5 Å². The topological polar surface area (TPSA) is 58.6 Å². The number of hydrogen-bond acceptors (Lipinski definition) is 4. The SMILES string of the molecule is O=c1cc[nH]c2nnsc12. The van der Waals surface area contributed by atoms with Crippen LogP contribution in [-0.4, -0.2) is 14.6 Å². The van der Waals surface area contributed by atoms with Gasteiger partial charge in [-0.2, -0.15) is 0 Å². The maximum atomic E-state index is 11.0. The maximum absolute atomic E-state index is 11.0. The van der Waals surface area contributed by atoms with E-state index in [4.69, 9.17) is 0 Å². The largest absolute Gasteiger partial charge is 0.344 e. The standard InChI is InChI=1S/C5H3N3OS/c9-3-1-2-6-5-4(3)10-8-7-5/h1-2H,(H,6,9). The summed E-state index contributed by atoms with van der Waals surface area (Å²) in [6, 6.07) is 1.46. The van der Waals surface area contributed by atoms with Gasteiger partial charge < -0.3 is 4.98 Å². The van der Waals surface area contributed by atoms with Gasteiger partial charge in [0.1, 0.15) is 4.70 Å². The molecule has 0 aliphatic heterocycles. The number of nitrogens with one attached hydrogen (secondary N) is 1. The third kappa shape index (κ3) is 0.640. The Hall–Kier alpha value is -1.23. The minimum Gasteiger partial charge on any atom is -0.344 e. The van der Waals surface area contributed by atoms with Gasteiger partial charge in [0.15, 0.2) is 5.65 Å². The van der Waals surface area contributed by atoms with Crippen LogP contribution in [0, 0.1) is 0 Å². The molecule has 2 aromatic heterocycles. The molecule has 0 saturated carbocycles. The summed E-state index contributed by atoms with van der Waals surface area (Å²) in [7, 11) is 0. The zero-order valence-electron chi connectivity index (χ0n) is 4.87. The van der Waals surface area contributed by atoms with E-state index in [0.29, 0.717) is 10.3 Å². The van der Waals surface area contributed by atoms with Crippen molar-refractivity contribution >= 4 is 21.9 Å². The number of pyridine rings is 1. The molecule has 1 N–H and O–H groups in total. The van der Waals surface area contributed by atoms with Gasteiger partial charge in [-0.25, -0.2) is 0 Å². The first-order valence-corrected chi connectivity index (χ1v) is 3.45. The first-order chi connectivity index (χ1) is 4.88. The molecule has 0 saturated heterocycles. The Morgan fingerprint density at radius 3 is 3.30 bits per heavy atom. The Morgan fingerprint density at radius 1 is 1.60 bits per heavy atom. The lowest BCUT2D eigenvalue weighted by atomic mass is 10.5. The molecule has 0 atom stereocenters. The van der Waals surface area contributed by atoms with Crippen molar-refractivity contribution in [2.75, 3.05) is 0 Å². The predicted octanol–water partition coefficient (Wildman–Crippen LogP) is 0.380. The maximum Gasteiger partial charge on any atom is 0.202 e. The van der Waals surface area contributed by atoms with Crippen LogP contribution >= 0.6 is 11.5 Å². The Morgan fingerprint density at radius 2 is 2.50 bits per heavy atom. The zero-order chi connectivity index (χ0) is 6.97. The van der Waals surface area contributed by atoms with E-state index in [2.05, 4.69) is 14.6 Å². The van der Waals surface area contributed by atoms with Crippen LogP contribution in [0.15, 0.2) is 17.1 Å². The van der Waals surface area contributed by atoms with Gasteiger partial charge >= 0.3 is 0 Å². The molecule has 0 amide bonds. The molecular weight excluding hydrogens is 150 g/mol. The van der Waals surface area contributed by atoms with Crippen molar-refractivity contribution in [3.05, 3.63) is 22.5 Å². The van der Waals surface area contributed by atoms with Crippen LogP contribution in [0.25, 0.3) is 10.3 Å². The lowest BCUT2D eigenvalue weighted by Gasteiger charge is -1.80. The second-order valence-corrected chi connectivity index (χ2v) is 2.55. The Kier molecular flexibility index (Phi) is 1.04. The second-order valence-electron chi connectivity index (χ2n) is 1.79. The first-order valence-electron chi connectivity index (χ1n) is 2.68. The molecule has 50 valence electrons. The van der Waals surface area contributed by atoms with Crippen molar-refractivity contribution in [3.8, 4) is 0 Å². The predicted molar refractivity (Wildman–Crippen MR) is 38.0 cm³/mol. The number of aromatic nitrogens is 3. The van der Waals surface area contributed by atoms with E-state index in [1.54, 1.807) is 6.20 Å². The van der Waals surface area contributed by atoms with E-state index in [9.17, 15) is 4.79 Å². The number of fused-ring (bicyclic) bond motifs is 1. The highest BCUT2D eigenvalue weighted by Gasteiger charge is 1.99. The van der Waals surface area contributed by atoms with Gasteiger partial charge in [0.05, 0.1) is 0 Å². The lowest BCUT2D eigenvalue weighted by molar-refractivity contribution is 1.16. The second kappa shape index (κ2) is 1.88. The summed E-state index contributed by atoms with van der Waals surface area (Å²) in [5.41, 5.74) is 0.543. The lowest BCUT2D eigenvalue weighted by Crippen LogP contribution is -1.96. The molecule has 0 radical (unpaired) electrons. The van der Waals surface area contributed by atoms with Crippen molar-refractivity contribution in [2.24, 2.45) is 0 Å². The summed E-state index contributed by atoms with van der Waals surface area (Å²) in [6.45, 7) is 0. The van der Waals surface area contributed by atoms with Crippen LogP contribution in [0.2, 0.25) is 0 Å². The minimum atomic E-state index is -0.0243. The van der Waals surface area contributed by atoms with Gasteiger partial charge in [-0.3, -0.25) is 4.79 Å². The number of aromatic amines is 1. The molecule has 0 fully saturated rings. The van der Waals surface area contributed by atoms with Gasteiger partial charge in [0.25, 0.3) is 0 Å². The zero-order valence-corrected chi connectivity index (χ0v) is 5.68. The third-order valence-corrected chi connectivity index (χ3v) is 1.91. The molecule has 4 nitrogen and oxygen atoms in total. The molecule has 0 bridgehead atoms. The summed E-state index contributed by atoms with van der Waals surface area (Å²) in [6.07, 6.45) is 1.56. The van der Waals surface area contributed by atoms with E-state index >= 15 is 0 Å². The van der Waals surface area contributed by atoms with Crippen molar-refractivity contribution in [3.63, 3.8) is 0 Å². The summed E-state index contributed by atoms with van der Waals surface area (Å²) < 4.78 is 4.21. The molecule has 0 aliphatic carbocycles. The van der Waals surface area contributed by atoms with Gasteiger partial charge in [0.2, 0.25) is 5.43 Å². The Bertz CT molecular complexity index is 404. The van der Waals surface area contributed by atoms with E-state index in [1.807, 2.05) is 0 Å². The van der Waals surface area contributed by atoms with Crippen LogP contribution in [0.1, 0.15) is 0 Å². The van der Waals surface area contributed by atoms with Crippen LogP contribution in [-0.2, 0) is 0 Å². The van der Waals surface area contributed by atoms with Crippen molar-refractivity contribution < 1.29 is 0 Å². The van der Waals surface area contributed by atoms with Gasteiger partial charge in [-0.1, -0.05) is 4.49 Å². The summed E-state index contributed by atoms with van der Waals surface area (Å²) >= 11 is 1.11. The smallest absolute Gasteiger partial charge is 0.202 e. The van der Waals surface area contributed by atoms with E-state index in [1.165, 1.54) is 6.07 Å².